The molecule has 0 saturated carbocycles. The Bertz CT molecular complexity index is 983. The summed E-state index contributed by atoms with van der Waals surface area (Å²) in [6.45, 7) is 1.51. The highest BCUT2D eigenvalue weighted by atomic mass is 32.2. The first kappa shape index (κ1) is 21.2. The fourth-order valence-corrected chi connectivity index (χ4v) is 4.12. The number of hydrogen-bond donors (Lipinski definition) is 1. The molecule has 3 rings (SSSR count). The number of carbonyl (C=O) groups excluding carboxylic acids is 2. The number of benzene rings is 1. The number of aryl methyl sites for hydroxylation is 2. The van der Waals surface area contributed by atoms with Gasteiger partial charge in [-0.25, -0.2) is 4.79 Å². The van der Waals surface area contributed by atoms with E-state index in [0.29, 0.717) is 29.1 Å². The molecular formula is C21H24NO6S-. The molecule has 1 amide bonds. The summed E-state index contributed by atoms with van der Waals surface area (Å²) < 4.78 is 11.3. The van der Waals surface area contributed by atoms with Gasteiger partial charge in [-0.05, 0) is 74.3 Å². The maximum absolute atomic E-state index is 12.3. The van der Waals surface area contributed by atoms with Crippen molar-refractivity contribution in [2.24, 2.45) is 0 Å². The molecule has 1 atom stereocenters. The number of amides is 1. The summed E-state index contributed by atoms with van der Waals surface area (Å²) in [5.74, 6) is -0.801. The molecule has 0 saturated heterocycles. The van der Waals surface area contributed by atoms with Crippen LogP contribution in [-0.4, -0.2) is 36.5 Å². The lowest BCUT2D eigenvalue weighted by atomic mass is 9.90. The van der Waals surface area contributed by atoms with Crippen molar-refractivity contribution >= 4 is 34.6 Å². The Morgan fingerprint density at radius 3 is 2.69 bits per heavy atom. The third kappa shape index (κ3) is 4.93. The maximum atomic E-state index is 12.3. The lowest BCUT2D eigenvalue weighted by Crippen LogP contribution is -2.49. The number of carboxylic acid groups (broad SMARTS) is 1. The molecule has 0 fully saturated rings. The van der Waals surface area contributed by atoms with Crippen LogP contribution in [0, 0.1) is 6.92 Å². The van der Waals surface area contributed by atoms with Crippen LogP contribution >= 0.6 is 11.8 Å². The minimum Gasteiger partial charge on any atom is -0.548 e. The molecule has 1 aliphatic carbocycles. The van der Waals surface area contributed by atoms with Crippen LogP contribution in [-0.2, 0) is 22.4 Å². The summed E-state index contributed by atoms with van der Waals surface area (Å²) in [7, 11) is 0. The number of carbonyl (C=O) groups is 2. The van der Waals surface area contributed by atoms with Crippen LogP contribution in [0.4, 0.5) is 0 Å². The third-order valence-corrected chi connectivity index (χ3v) is 5.66. The molecule has 1 aliphatic rings. The molecule has 1 heterocycles. The van der Waals surface area contributed by atoms with E-state index in [0.717, 1.165) is 35.8 Å². The minimum absolute atomic E-state index is 0.279. The number of hydrogen-bond acceptors (Lipinski definition) is 7. The molecule has 0 aliphatic heterocycles. The highest BCUT2D eigenvalue weighted by molar-refractivity contribution is 7.98. The normalized spacial score (nSPS) is 14.3. The van der Waals surface area contributed by atoms with Crippen molar-refractivity contribution in [2.75, 3.05) is 18.6 Å². The summed E-state index contributed by atoms with van der Waals surface area (Å²) >= 11 is 1.49. The van der Waals surface area contributed by atoms with E-state index < -0.39 is 17.9 Å². The van der Waals surface area contributed by atoms with Crippen molar-refractivity contribution in [3.63, 3.8) is 0 Å². The van der Waals surface area contributed by atoms with Crippen molar-refractivity contribution < 1.29 is 23.8 Å². The van der Waals surface area contributed by atoms with Crippen LogP contribution in [0.15, 0.2) is 21.3 Å². The Morgan fingerprint density at radius 1 is 1.28 bits per heavy atom. The smallest absolute Gasteiger partial charge is 0.339 e. The minimum atomic E-state index is -1.32. The van der Waals surface area contributed by atoms with Gasteiger partial charge in [-0.2, -0.15) is 11.8 Å². The van der Waals surface area contributed by atoms with Gasteiger partial charge in [0.2, 0.25) is 0 Å². The SMILES string of the molecule is CSCC[C@H](NC(=O)COc1cc(C)cc2oc(=O)c3c(c12)CCCC3)C(=O)[O-]. The highest BCUT2D eigenvalue weighted by Crippen LogP contribution is 2.34. The van der Waals surface area contributed by atoms with Gasteiger partial charge >= 0.3 is 5.63 Å². The Hall–Kier alpha value is -2.48. The third-order valence-electron chi connectivity index (χ3n) is 5.02. The first-order valence-corrected chi connectivity index (χ1v) is 11.0. The van der Waals surface area contributed by atoms with Gasteiger partial charge in [-0.3, -0.25) is 4.79 Å². The summed E-state index contributed by atoms with van der Waals surface area (Å²) in [5, 5.41) is 14.4. The van der Waals surface area contributed by atoms with E-state index in [1.54, 1.807) is 12.1 Å². The number of aliphatic carboxylic acids is 1. The lowest BCUT2D eigenvalue weighted by Gasteiger charge is -2.21. The number of thioether (sulfide) groups is 1. The fourth-order valence-electron chi connectivity index (χ4n) is 3.64. The first-order valence-electron chi connectivity index (χ1n) is 9.62. The van der Waals surface area contributed by atoms with Crippen molar-refractivity contribution in [3.05, 3.63) is 39.2 Å². The average Bonchev–Trinajstić information content (AvgIpc) is 2.69. The molecule has 2 aromatic rings. The molecule has 1 N–H and O–H groups in total. The van der Waals surface area contributed by atoms with E-state index in [-0.39, 0.29) is 18.7 Å². The van der Waals surface area contributed by atoms with Crippen LogP contribution in [0.1, 0.15) is 36.0 Å². The molecule has 8 heteroatoms. The van der Waals surface area contributed by atoms with Crippen LogP contribution in [0.25, 0.3) is 11.0 Å². The second-order valence-electron chi connectivity index (χ2n) is 7.20. The zero-order valence-electron chi connectivity index (χ0n) is 16.5. The van der Waals surface area contributed by atoms with Gasteiger partial charge in [-0.1, -0.05) is 0 Å². The summed E-state index contributed by atoms with van der Waals surface area (Å²) in [6, 6.07) is 2.53. The van der Waals surface area contributed by atoms with Gasteiger partial charge in [0, 0.05) is 5.56 Å². The molecule has 1 aromatic carbocycles. The van der Waals surface area contributed by atoms with Crippen LogP contribution in [0.3, 0.4) is 0 Å². The summed E-state index contributed by atoms with van der Waals surface area (Å²) in [4.78, 5) is 35.8. The predicted molar refractivity (Wildman–Crippen MR) is 109 cm³/mol. The van der Waals surface area contributed by atoms with E-state index >= 15 is 0 Å². The topological polar surface area (TPSA) is 109 Å². The van der Waals surface area contributed by atoms with Crippen molar-refractivity contribution in [2.45, 2.75) is 45.1 Å². The van der Waals surface area contributed by atoms with Gasteiger partial charge in [-0.15, -0.1) is 0 Å². The lowest BCUT2D eigenvalue weighted by molar-refractivity contribution is -0.308. The zero-order chi connectivity index (χ0) is 21.0. The van der Waals surface area contributed by atoms with Gasteiger partial charge in [0.05, 0.1) is 17.4 Å². The molecule has 0 spiro atoms. The number of carboxylic acids is 1. The molecule has 29 heavy (non-hydrogen) atoms. The van der Waals surface area contributed by atoms with E-state index in [9.17, 15) is 19.5 Å². The summed E-state index contributed by atoms with van der Waals surface area (Å²) in [5.41, 5.74) is 2.56. The zero-order valence-corrected chi connectivity index (χ0v) is 17.4. The Balaban J connectivity index is 1.83. The van der Waals surface area contributed by atoms with Gasteiger partial charge in [0.15, 0.2) is 6.61 Å². The quantitative estimate of drug-likeness (QED) is 0.645. The highest BCUT2D eigenvalue weighted by Gasteiger charge is 2.22. The van der Waals surface area contributed by atoms with Crippen LogP contribution in [0.2, 0.25) is 0 Å². The van der Waals surface area contributed by atoms with E-state index in [2.05, 4.69) is 5.32 Å². The standard InChI is InChI=1S/C21H25NO6S/c1-12-9-16(27-11-18(23)22-15(20(24)25)7-8-29-2)19-13-5-3-4-6-14(13)21(26)28-17(19)10-12/h9-10,15H,3-8,11H2,1-2H3,(H,22,23)(H,24,25)/p-1/t15-/m0/s1. The number of rotatable bonds is 8. The predicted octanol–water partition coefficient (Wildman–Crippen LogP) is 1.35. The Morgan fingerprint density at radius 2 is 2.00 bits per heavy atom. The second-order valence-corrected chi connectivity index (χ2v) is 8.18. The molecule has 156 valence electrons. The molecule has 1 aromatic heterocycles. The molecule has 0 radical (unpaired) electrons. The molecule has 7 nitrogen and oxygen atoms in total. The van der Waals surface area contributed by atoms with Crippen molar-refractivity contribution in [3.8, 4) is 5.75 Å². The van der Waals surface area contributed by atoms with Crippen LogP contribution < -0.4 is 20.8 Å². The molecule has 0 unspecified atom stereocenters. The Kier molecular flexibility index (Phi) is 6.84. The maximum Gasteiger partial charge on any atom is 0.339 e. The van der Waals surface area contributed by atoms with Gasteiger partial charge < -0.3 is 24.4 Å². The van der Waals surface area contributed by atoms with E-state index in [1.165, 1.54) is 11.8 Å². The largest absolute Gasteiger partial charge is 0.548 e. The van der Waals surface area contributed by atoms with Gasteiger partial charge in [0.25, 0.3) is 5.91 Å². The van der Waals surface area contributed by atoms with Gasteiger partial charge in [0.1, 0.15) is 11.3 Å². The van der Waals surface area contributed by atoms with Crippen LogP contribution in [0.5, 0.6) is 5.75 Å². The summed E-state index contributed by atoms with van der Waals surface area (Å²) in [6.07, 6.45) is 5.48. The first-order chi connectivity index (χ1) is 13.9. The monoisotopic (exact) mass is 418 g/mol. The van der Waals surface area contributed by atoms with E-state index in [1.807, 2.05) is 13.2 Å². The average molecular weight is 418 g/mol. The van der Waals surface area contributed by atoms with E-state index in [4.69, 9.17) is 9.15 Å². The molecular weight excluding hydrogens is 394 g/mol. The Labute approximate surface area is 172 Å². The number of nitrogens with one attached hydrogen (secondary N) is 1. The fraction of sp³-hybridized carbons (Fsp3) is 0.476. The number of fused-ring (bicyclic) bond motifs is 3. The van der Waals surface area contributed by atoms with Crippen molar-refractivity contribution in [1.82, 2.24) is 5.32 Å². The van der Waals surface area contributed by atoms with Crippen molar-refractivity contribution in [1.29, 1.82) is 0 Å². The second kappa shape index (κ2) is 9.35. The number of ether oxygens (including phenoxy) is 1. The molecule has 0 bridgehead atoms.